The molecular weight excluding hydrogens is 392 g/mol. The van der Waals surface area contributed by atoms with Gasteiger partial charge in [-0.3, -0.25) is 0 Å². The molecule has 1 saturated heterocycles. The minimum absolute atomic E-state index is 0.0416. The Morgan fingerprint density at radius 1 is 0.710 bits per heavy atom. The summed E-state index contributed by atoms with van der Waals surface area (Å²) in [5.41, 5.74) is 0. The van der Waals surface area contributed by atoms with E-state index in [0.29, 0.717) is 6.61 Å². The molecule has 1 fully saturated rings. The van der Waals surface area contributed by atoms with Crippen LogP contribution in [0.5, 0.6) is 0 Å². The average Bonchev–Trinajstić information content (AvgIpc) is 2.77. The number of hydrogen-bond donors (Lipinski definition) is 3. The SMILES string of the molecule is CCCCCCCCCCC/C=C/CCCCCCCOC[C@H]1OC[C@H](O)[C@@H](O)[C@@H]1O. The smallest absolute Gasteiger partial charge is 0.111 e. The molecule has 1 aliphatic rings. The molecule has 31 heavy (non-hydrogen) atoms. The molecule has 184 valence electrons. The van der Waals surface area contributed by atoms with Crippen LogP contribution in [0.1, 0.15) is 110 Å². The van der Waals surface area contributed by atoms with Crippen LogP contribution >= 0.6 is 0 Å². The third-order valence-electron chi connectivity index (χ3n) is 6.19. The van der Waals surface area contributed by atoms with E-state index in [1.54, 1.807) is 0 Å². The average molecular weight is 443 g/mol. The monoisotopic (exact) mass is 442 g/mol. The zero-order valence-electron chi connectivity index (χ0n) is 20.1. The minimum atomic E-state index is -1.15. The van der Waals surface area contributed by atoms with Gasteiger partial charge in [0, 0.05) is 6.61 Å². The van der Waals surface area contributed by atoms with Crippen molar-refractivity contribution in [1.82, 2.24) is 0 Å². The molecule has 0 amide bonds. The van der Waals surface area contributed by atoms with Gasteiger partial charge in [-0.15, -0.1) is 0 Å². The first-order valence-corrected chi connectivity index (χ1v) is 13.0. The molecule has 0 unspecified atom stereocenters. The van der Waals surface area contributed by atoms with Gasteiger partial charge in [0.25, 0.3) is 0 Å². The highest BCUT2D eigenvalue weighted by atomic mass is 16.6. The summed E-state index contributed by atoms with van der Waals surface area (Å²) in [6.07, 6.45) is 21.8. The number of unbranched alkanes of at least 4 members (excludes halogenated alkanes) is 14. The summed E-state index contributed by atoms with van der Waals surface area (Å²) in [6, 6.07) is 0. The van der Waals surface area contributed by atoms with E-state index in [-0.39, 0.29) is 13.2 Å². The molecule has 0 aromatic heterocycles. The van der Waals surface area contributed by atoms with Crippen LogP contribution in [0.2, 0.25) is 0 Å². The Labute approximate surface area is 191 Å². The molecule has 0 radical (unpaired) electrons. The van der Waals surface area contributed by atoms with E-state index >= 15 is 0 Å². The van der Waals surface area contributed by atoms with Gasteiger partial charge in [0.05, 0.1) is 13.2 Å². The number of aliphatic hydroxyl groups excluding tert-OH is 3. The lowest BCUT2D eigenvalue weighted by molar-refractivity contribution is -0.199. The second kappa shape index (κ2) is 20.2. The third kappa shape index (κ3) is 15.1. The van der Waals surface area contributed by atoms with E-state index in [2.05, 4.69) is 19.1 Å². The molecule has 5 heteroatoms. The summed E-state index contributed by atoms with van der Waals surface area (Å²) in [5.74, 6) is 0. The second-order valence-corrected chi connectivity index (χ2v) is 9.14. The van der Waals surface area contributed by atoms with E-state index in [1.165, 1.54) is 89.9 Å². The second-order valence-electron chi connectivity index (χ2n) is 9.14. The maximum atomic E-state index is 9.85. The lowest BCUT2D eigenvalue weighted by atomic mass is 10.0. The molecule has 1 rings (SSSR count). The van der Waals surface area contributed by atoms with Gasteiger partial charge < -0.3 is 24.8 Å². The molecule has 0 spiro atoms. The van der Waals surface area contributed by atoms with Crippen molar-refractivity contribution in [3.8, 4) is 0 Å². The zero-order valence-corrected chi connectivity index (χ0v) is 20.1. The van der Waals surface area contributed by atoms with E-state index in [4.69, 9.17) is 9.47 Å². The molecular formula is C26H50O5. The van der Waals surface area contributed by atoms with E-state index < -0.39 is 24.4 Å². The highest BCUT2D eigenvalue weighted by Gasteiger charge is 2.37. The Hall–Kier alpha value is -0.460. The van der Waals surface area contributed by atoms with Crippen molar-refractivity contribution in [2.45, 2.75) is 134 Å². The van der Waals surface area contributed by atoms with Gasteiger partial charge in [0.2, 0.25) is 0 Å². The number of aliphatic hydroxyl groups is 3. The summed E-state index contributed by atoms with van der Waals surface area (Å²) in [4.78, 5) is 0. The van der Waals surface area contributed by atoms with Gasteiger partial charge in [0.15, 0.2) is 0 Å². The number of rotatable bonds is 20. The van der Waals surface area contributed by atoms with Crippen LogP contribution in [0.15, 0.2) is 12.2 Å². The minimum Gasteiger partial charge on any atom is -0.388 e. The Morgan fingerprint density at radius 2 is 1.23 bits per heavy atom. The fourth-order valence-corrected chi connectivity index (χ4v) is 4.02. The van der Waals surface area contributed by atoms with Crippen molar-refractivity contribution >= 4 is 0 Å². The molecule has 0 saturated carbocycles. The standard InChI is InChI=1S/C26H50O5/c1-2-3-4-5-6-7-8-9-10-11-12-13-14-15-16-17-18-19-20-30-22-24-26(29)25(28)23(27)21-31-24/h12-13,23-29H,2-11,14-22H2,1H3/b13-12+/t23-,24+,25+,26+/m0/s1. The number of allylic oxidation sites excluding steroid dienone is 2. The van der Waals surface area contributed by atoms with E-state index in [0.717, 1.165) is 12.8 Å². The molecule has 3 N–H and O–H groups in total. The van der Waals surface area contributed by atoms with Crippen molar-refractivity contribution in [3.05, 3.63) is 12.2 Å². The maximum absolute atomic E-state index is 9.85. The summed E-state index contributed by atoms with van der Waals surface area (Å²) in [5, 5.41) is 28.9. The summed E-state index contributed by atoms with van der Waals surface area (Å²) in [7, 11) is 0. The molecule has 0 aliphatic carbocycles. The molecule has 0 aromatic carbocycles. The van der Waals surface area contributed by atoms with Crippen LogP contribution in [0, 0.1) is 0 Å². The predicted octanol–water partition coefficient (Wildman–Crippen LogP) is 5.30. The molecule has 1 heterocycles. The topological polar surface area (TPSA) is 79.2 Å². The highest BCUT2D eigenvalue weighted by Crippen LogP contribution is 2.16. The Kier molecular flexibility index (Phi) is 18.6. The van der Waals surface area contributed by atoms with Gasteiger partial charge in [-0.1, -0.05) is 89.7 Å². The van der Waals surface area contributed by atoms with E-state index in [1.807, 2.05) is 0 Å². The van der Waals surface area contributed by atoms with Crippen LogP contribution in [-0.2, 0) is 9.47 Å². The fourth-order valence-electron chi connectivity index (χ4n) is 4.02. The zero-order chi connectivity index (χ0) is 22.6. The first kappa shape index (κ1) is 28.6. The summed E-state index contributed by atoms with van der Waals surface area (Å²) < 4.78 is 10.9. The molecule has 1 aliphatic heterocycles. The van der Waals surface area contributed by atoms with Gasteiger partial charge in [-0.25, -0.2) is 0 Å². The van der Waals surface area contributed by atoms with Crippen molar-refractivity contribution < 1.29 is 24.8 Å². The van der Waals surface area contributed by atoms with Crippen molar-refractivity contribution in [2.75, 3.05) is 19.8 Å². The predicted molar refractivity (Wildman–Crippen MR) is 127 cm³/mol. The number of ether oxygens (including phenoxy) is 2. The third-order valence-corrected chi connectivity index (χ3v) is 6.19. The molecule has 0 bridgehead atoms. The van der Waals surface area contributed by atoms with Gasteiger partial charge >= 0.3 is 0 Å². The van der Waals surface area contributed by atoms with Gasteiger partial charge in [-0.2, -0.15) is 0 Å². The molecule has 4 atom stereocenters. The summed E-state index contributed by atoms with van der Waals surface area (Å²) in [6.45, 7) is 3.22. The Morgan fingerprint density at radius 3 is 1.81 bits per heavy atom. The maximum Gasteiger partial charge on any atom is 0.111 e. The Balaban J connectivity index is 1.78. The lowest BCUT2D eigenvalue weighted by Gasteiger charge is -2.35. The van der Waals surface area contributed by atoms with Gasteiger partial charge in [0.1, 0.15) is 24.4 Å². The first-order valence-electron chi connectivity index (χ1n) is 13.0. The van der Waals surface area contributed by atoms with Crippen molar-refractivity contribution in [1.29, 1.82) is 0 Å². The van der Waals surface area contributed by atoms with E-state index in [9.17, 15) is 15.3 Å². The van der Waals surface area contributed by atoms with Crippen LogP contribution in [-0.4, -0.2) is 59.6 Å². The fraction of sp³-hybridized carbons (Fsp3) is 0.923. The Bertz CT molecular complexity index is 415. The van der Waals surface area contributed by atoms with Crippen LogP contribution in [0.25, 0.3) is 0 Å². The normalized spacial score (nSPS) is 24.3. The van der Waals surface area contributed by atoms with Crippen molar-refractivity contribution in [2.24, 2.45) is 0 Å². The van der Waals surface area contributed by atoms with Crippen LogP contribution < -0.4 is 0 Å². The first-order chi connectivity index (χ1) is 15.2. The quantitative estimate of drug-likeness (QED) is 0.176. The van der Waals surface area contributed by atoms with Crippen LogP contribution in [0.4, 0.5) is 0 Å². The van der Waals surface area contributed by atoms with Crippen molar-refractivity contribution in [3.63, 3.8) is 0 Å². The van der Waals surface area contributed by atoms with Crippen LogP contribution in [0.3, 0.4) is 0 Å². The van der Waals surface area contributed by atoms with Gasteiger partial charge in [-0.05, 0) is 32.1 Å². The highest BCUT2D eigenvalue weighted by molar-refractivity contribution is 4.86. The largest absolute Gasteiger partial charge is 0.388 e. The lowest BCUT2D eigenvalue weighted by Crippen LogP contribution is -2.54. The number of hydrogen-bond acceptors (Lipinski definition) is 5. The molecule has 0 aromatic rings. The molecule has 5 nitrogen and oxygen atoms in total. The summed E-state index contributed by atoms with van der Waals surface area (Å²) >= 11 is 0.